The molecule has 2 heterocycles. The van der Waals surface area contributed by atoms with Crippen LogP contribution in [-0.2, 0) is 25.2 Å². The molecule has 6 nitrogen and oxygen atoms in total. The number of ether oxygens (including phenoxy) is 2. The zero-order valence-electron chi connectivity index (χ0n) is 12.3. The van der Waals surface area contributed by atoms with Crippen molar-refractivity contribution in [3.05, 3.63) is 29.0 Å². The highest BCUT2D eigenvalue weighted by Gasteiger charge is 2.15. The number of nitrogens with zero attached hydrogens (tertiary/aromatic N) is 1. The van der Waals surface area contributed by atoms with Gasteiger partial charge < -0.3 is 9.47 Å². The van der Waals surface area contributed by atoms with Crippen LogP contribution in [0, 0.1) is 0 Å². The second-order valence-corrected chi connectivity index (χ2v) is 7.40. The fourth-order valence-corrected chi connectivity index (χ4v) is 3.43. The molecule has 8 heteroatoms. The second-order valence-electron chi connectivity index (χ2n) is 5.21. The Morgan fingerprint density at radius 3 is 3.00 bits per heavy atom. The zero-order valence-corrected chi connectivity index (χ0v) is 13.9. The van der Waals surface area contributed by atoms with Gasteiger partial charge in [-0.25, -0.2) is 18.1 Å². The predicted octanol–water partition coefficient (Wildman–Crippen LogP) is 1.74. The van der Waals surface area contributed by atoms with Gasteiger partial charge in [0, 0.05) is 26.0 Å². The van der Waals surface area contributed by atoms with E-state index in [1.165, 1.54) is 6.20 Å². The van der Waals surface area contributed by atoms with Crippen LogP contribution >= 0.6 is 11.6 Å². The van der Waals surface area contributed by atoms with E-state index < -0.39 is 10.0 Å². The van der Waals surface area contributed by atoms with Gasteiger partial charge in [-0.2, -0.15) is 0 Å². The normalized spacial score (nSPS) is 18.7. The first kappa shape index (κ1) is 17.6. The van der Waals surface area contributed by atoms with Gasteiger partial charge in [0.25, 0.3) is 0 Å². The minimum atomic E-state index is -3.36. The molecule has 1 aromatic rings. The molecule has 1 aliphatic heterocycles. The maximum atomic E-state index is 11.9. The van der Waals surface area contributed by atoms with E-state index in [0.717, 1.165) is 19.4 Å². The largest absolute Gasteiger partial charge is 0.379 e. The monoisotopic (exact) mass is 348 g/mol. The van der Waals surface area contributed by atoms with Gasteiger partial charge in [-0.1, -0.05) is 17.7 Å². The van der Waals surface area contributed by atoms with Gasteiger partial charge >= 0.3 is 0 Å². The molecule has 1 fully saturated rings. The van der Waals surface area contributed by atoms with Crippen LogP contribution in [0.2, 0.25) is 5.15 Å². The molecular formula is C14H21ClN2O4S. The molecule has 1 saturated heterocycles. The molecule has 1 atom stereocenters. The molecular weight excluding hydrogens is 328 g/mol. The zero-order chi connectivity index (χ0) is 15.8. The van der Waals surface area contributed by atoms with Crippen LogP contribution in [0.15, 0.2) is 18.3 Å². The molecule has 0 aromatic carbocycles. The second kappa shape index (κ2) is 8.79. The van der Waals surface area contributed by atoms with Gasteiger partial charge in [0.15, 0.2) is 0 Å². The van der Waals surface area contributed by atoms with Gasteiger partial charge in [0.2, 0.25) is 10.0 Å². The molecule has 1 aliphatic rings. The average molecular weight is 349 g/mol. The van der Waals surface area contributed by atoms with Crippen molar-refractivity contribution in [2.45, 2.75) is 31.1 Å². The van der Waals surface area contributed by atoms with E-state index in [4.69, 9.17) is 21.1 Å². The average Bonchev–Trinajstić information content (AvgIpc) is 2.98. The van der Waals surface area contributed by atoms with Crippen molar-refractivity contribution in [3.63, 3.8) is 0 Å². The lowest BCUT2D eigenvalue weighted by Gasteiger charge is -2.10. The summed E-state index contributed by atoms with van der Waals surface area (Å²) in [6.45, 7) is 2.27. The van der Waals surface area contributed by atoms with E-state index in [2.05, 4.69) is 9.71 Å². The van der Waals surface area contributed by atoms with E-state index in [1.807, 2.05) is 0 Å². The van der Waals surface area contributed by atoms with Crippen molar-refractivity contribution >= 4 is 21.6 Å². The topological polar surface area (TPSA) is 77.5 Å². The summed E-state index contributed by atoms with van der Waals surface area (Å²) in [6, 6.07) is 3.23. The number of sulfonamides is 1. The number of pyridine rings is 1. The number of nitrogens with one attached hydrogen (secondary N) is 1. The van der Waals surface area contributed by atoms with Crippen molar-refractivity contribution in [2.24, 2.45) is 0 Å². The third kappa shape index (κ3) is 6.58. The first-order valence-corrected chi connectivity index (χ1v) is 9.35. The van der Waals surface area contributed by atoms with Crippen molar-refractivity contribution in [2.75, 3.05) is 26.4 Å². The van der Waals surface area contributed by atoms with Gasteiger partial charge in [0.1, 0.15) is 5.15 Å². The Bertz CT molecular complexity index is 544. The molecule has 124 valence electrons. The number of hydrogen-bond donors (Lipinski definition) is 1. The summed E-state index contributed by atoms with van der Waals surface area (Å²) in [6.07, 6.45) is 4.43. The first-order chi connectivity index (χ1) is 10.6. The predicted molar refractivity (Wildman–Crippen MR) is 84.3 cm³/mol. The SMILES string of the molecule is O=S(=O)(Cc1ccc(Cl)nc1)NCCCOC[C@H]1CCCO1. The lowest BCUT2D eigenvalue weighted by molar-refractivity contribution is 0.0169. The Hall–Kier alpha value is -0.730. The van der Waals surface area contributed by atoms with Gasteiger partial charge in [0.05, 0.1) is 18.5 Å². The minimum Gasteiger partial charge on any atom is -0.379 e. The minimum absolute atomic E-state index is 0.103. The summed E-state index contributed by atoms with van der Waals surface area (Å²) >= 11 is 5.66. The third-order valence-electron chi connectivity index (χ3n) is 3.26. The Morgan fingerprint density at radius 1 is 1.45 bits per heavy atom. The number of hydrogen-bond acceptors (Lipinski definition) is 5. The van der Waals surface area contributed by atoms with Crippen molar-refractivity contribution in [1.29, 1.82) is 0 Å². The third-order valence-corrected chi connectivity index (χ3v) is 4.84. The van der Waals surface area contributed by atoms with Crippen LogP contribution < -0.4 is 4.72 Å². The first-order valence-electron chi connectivity index (χ1n) is 7.32. The molecule has 2 rings (SSSR count). The molecule has 0 aliphatic carbocycles. The number of aromatic nitrogens is 1. The molecule has 0 radical (unpaired) electrons. The molecule has 1 aromatic heterocycles. The van der Waals surface area contributed by atoms with Gasteiger partial charge in [-0.05, 0) is 30.9 Å². The number of rotatable bonds is 9. The lowest BCUT2D eigenvalue weighted by atomic mass is 10.2. The summed E-state index contributed by atoms with van der Waals surface area (Å²) in [4.78, 5) is 3.86. The summed E-state index contributed by atoms with van der Waals surface area (Å²) in [5.74, 6) is -0.103. The highest BCUT2D eigenvalue weighted by molar-refractivity contribution is 7.88. The van der Waals surface area contributed by atoms with Gasteiger partial charge in [-0.15, -0.1) is 0 Å². The Kier molecular flexibility index (Phi) is 7.04. The molecule has 0 spiro atoms. The summed E-state index contributed by atoms with van der Waals surface area (Å²) < 4.78 is 37.3. The molecule has 0 unspecified atom stereocenters. The fraction of sp³-hybridized carbons (Fsp3) is 0.643. The van der Waals surface area contributed by atoms with Gasteiger partial charge in [-0.3, -0.25) is 0 Å². The standard InChI is InChI=1S/C14H21ClN2O4S/c15-14-5-4-12(9-16-14)11-22(18,19)17-6-2-7-20-10-13-3-1-8-21-13/h4-5,9,13,17H,1-3,6-8,10-11H2/t13-/m1/s1. The van der Waals surface area contributed by atoms with Crippen LogP contribution in [0.5, 0.6) is 0 Å². The number of halogens is 1. The highest BCUT2D eigenvalue weighted by atomic mass is 35.5. The van der Waals surface area contributed by atoms with Crippen molar-refractivity contribution in [1.82, 2.24) is 9.71 Å². The van der Waals surface area contributed by atoms with E-state index in [0.29, 0.717) is 36.9 Å². The summed E-state index contributed by atoms with van der Waals surface area (Å²) in [5, 5.41) is 0.345. The van der Waals surface area contributed by atoms with Crippen molar-refractivity contribution < 1.29 is 17.9 Å². The quantitative estimate of drug-likeness (QED) is 0.543. The Labute approximate surface area is 136 Å². The maximum absolute atomic E-state index is 11.9. The highest BCUT2D eigenvalue weighted by Crippen LogP contribution is 2.12. The van der Waals surface area contributed by atoms with Crippen LogP contribution in [0.3, 0.4) is 0 Å². The molecule has 0 bridgehead atoms. The van der Waals surface area contributed by atoms with Crippen LogP contribution in [0.25, 0.3) is 0 Å². The maximum Gasteiger partial charge on any atom is 0.215 e. The Balaban J connectivity index is 1.59. The van der Waals surface area contributed by atoms with Crippen LogP contribution in [-0.4, -0.2) is 45.9 Å². The summed E-state index contributed by atoms with van der Waals surface area (Å²) in [7, 11) is -3.36. The van der Waals surface area contributed by atoms with Crippen LogP contribution in [0.4, 0.5) is 0 Å². The van der Waals surface area contributed by atoms with E-state index in [1.54, 1.807) is 12.1 Å². The Morgan fingerprint density at radius 2 is 2.32 bits per heavy atom. The van der Waals surface area contributed by atoms with Crippen LogP contribution in [0.1, 0.15) is 24.8 Å². The van der Waals surface area contributed by atoms with Crippen molar-refractivity contribution in [3.8, 4) is 0 Å². The molecule has 0 amide bonds. The summed E-state index contributed by atoms with van der Waals surface area (Å²) in [5.41, 5.74) is 0.603. The molecule has 1 N–H and O–H groups in total. The van der Waals surface area contributed by atoms with E-state index in [-0.39, 0.29) is 11.9 Å². The molecule has 22 heavy (non-hydrogen) atoms. The van der Waals surface area contributed by atoms with E-state index >= 15 is 0 Å². The lowest BCUT2D eigenvalue weighted by Crippen LogP contribution is -2.27. The molecule has 0 saturated carbocycles. The fourth-order valence-electron chi connectivity index (χ4n) is 2.15. The smallest absolute Gasteiger partial charge is 0.215 e. The van der Waals surface area contributed by atoms with E-state index in [9.17, 15) is 8.42 Å².